The Morgan fingerprint density at radius 1 is 1.19 bits per heavy atom. The van der Waals surface area contributed by atoms with Crippen molar-refractivity contribution in [1.82, 2.24) is 0 Å². The van der Waals surface area contributed by atoms with Crippen molar-refractivity contribution in [2.24, 2.45) is 0 Å². The SMILES string of the molecule is Nc1cc(-c2coc3cc(CO)ccc3c2=O)ccc1OS(=O)(=O)[O-].[Na+]. The third-order valence-corrected chi connectivity index (χ3v) is 3.92. The molecule has 0 radical (unpaired) electrons. The van der Waals surface area contributed by atoms with E-state index in [-0.39, 0.29) is 58.6 Å². The maximum Gasteiger partial charge on any atom is 1.00 e. The molecule has 0 aliphatic heterocycles. The van der Waals surface area contributed by atoms with Crippen molar-refractivity contribution in [3.63, 3.8) is 0 Å². The van der Waals surface area contributed by atoms with Gasteiger partial charge in [-0.2, -0.15) is 0 Å². The molecular weight excluding hydrogens is 373 g/mol. The monoisotopic (exact) mass is 385 g/mol. The second kappa shape index (κ2) is 7.78. The first-order valence-electron chi connectivity index (χ1n) is 6.99. The minimum Gasteiger partial charge on any atom is -0.716 e. The van der Waals surface area contributed by atoms with Gasteiger partial charge in [0.15, 0.2) is 11.2 Å². The fraction of sp³-hybridized carbons (Fsp3) is 0.0625. The van der Waals surface area contributed by atoms with E-state index in [4.69, 9.17) is 15.3 Å². The number of rotatable bonds is 4. The standard InChI is InChI=1S/C16H13NO7S.Na/c17-13-6-10(2-4-14(13)24-25(20,21)22)12-8-23-15-5-9(7-18)1-3-11(15)16(12)19;/h1-6,8,18H,7,17H2,(H,20,21,22);/q;+1/p-1. The number of nitrogen functional groups attached to an aromatic ring is 1. The molecule has 0 atom stereocenters. The summed E-state index contributed by atoms with van der Waals surface area (Å²) in [6.07, 6.45) is 1.24. The molecule has 26 heavy (non-hydrogen) atoms. The first-order valence-corrected chi connectivity index (χ1v) is 8.32. The summed E-state index contributed by atoms with van der Waals surface area (Å²) in [4.78, 5) is 12.6. The van der Waals surface area contributed by atoms with E-state index in [9.17, 15) is 17.8 Å². The zero-order valence-corrected chi connectivity index (χ0v) is 16.4. The van der Waals surface area contributed by atoms with Crippen molar-refractivity contribution >= 4 is 27.1 Å². The number of benzene rings is 2. The number of aliphatic hydroxyl groups is 1. The number of hydrogen-bond donors (Lipinski definition) is 2. The predicted molar refractivity (Wildman–Crippen MR) is 88.6 cm³/mol. The maximum atomic E-state index is 12.6. The average molecular weight is 385 g/mol. The Morgan fingerprint density at radius 3 is 2.54 bits per heavy atom. The van der Waals surface area contributed by atoms with Crippen LogP contribution in [0.15, 0.2) is 51.9 Å². The van der Waals surface area contributed by atoms with Gasteiger partial charge >= 0.3 is 29.6 Å². The number of fused-ring (bicyclic) bond motifs is 1. The second-order valence-corrected chi connectivity index (χ2v) is 6.19. The van der Waals surface area contributed by atoms with Crippen molar-refractivity contribution in [2.75, 3.05) is 5.73 Å². The molecule has 130 valence electrons. The molecule has 10 heteroatoms. The smallest absolute Gasteiger partial charge is 0.716 e. The van der Waals surface area contributed by atoms with Crippen LogP contribution in [0.1, 0.15) is 5.56 Å². The molecule has 0 spiro atoms. The van der Waals surface area contributed by atoms with Gasteiger partial charge in [-0.05, 0) is 35.4 Å². The molecule has 1 heterocycles. The molecule has 0 fully saturated rings. The number of aliphatic hydroxyl groups excluding tert-OH is 1. The molecule has 8 nitrogen and oxygen atoms in total. The Kier molecular flexibility index (Phi) is 6.12. The molecule has 0 aliphatic carbocycles. The fourth-order valence-electron chi connectivity index (χ4n) is 2.37. The molecule has 3 rings (SSSR count). The summed E-state index contributed by atoms with van der Waals surface area (Å²) in [6, 6.07) is 8.58. The Morgan fingerprint density at radius 2 is 1.92 bits per heavy atom. The largest absolute Gasteiger partial charge is 1.00 e. The van der Waals surface area contributed by atoms with Crippen LogP contribution in [-0.2, 0) is 17.0 Å². The van der Waals surface area contributed by atoms with Gasteiger partial charge < -0.3 is 24.0 Å². The van der Waals surface area contributed by atoms with E-state index in [1.54, 1.807) is 18.2 Å². The molecule has 3 aromatic rings. The van der Waals surface area contributed by atoms with E-state index in [2.05, 4.69) is 4.18 Å². The van der Waals surface area contributed by atoms with Crippen LogP contribution in [0.3, 0.4) is 0 Å². The Labute approximate surface area is 170 Å². The molecule has 0 saturated heterocycles. The van der Waals surface area contributed by atoms with Crippen LogP contribution in [0.2, 0.25) is 0 Å². The molecular formula is C16H12NNaO7S. The summed E-state index contributed by atoms with van der Waals surface area (Å²) >= 11 is 0. The van der Waals surface area contributed by atoms with Crippen LogP contribution in [0.25, 0.3) is 22.1 Å². The summed E-state index contributed by atoms with van der Waals surface area (Å²) in [5.41, 5.74) is 6.74. The number of hydrogen-bond acceptors (Lipinski definition) is 8. The Bertz CT molecular complexity index is 1130. The molecule has 0 bridgehead atoms. The summed E-state index contributed by atoms with van der Waals surface area (Å²) < 4.78 is 41.6. The maximum absolute atomic E-state index is 12.6. The van der Waals surface area contributed by atoms with Crippen LogP contribution in [0, 0.1) is 0 Å². The van der Waals surface area contributed by atoms with E-state index >= 15 is 0 Å². The molecule has 2 aromatic carbocycles. The van der Waals surface area contributed by atoms with Crippen LogP contribution in [0.5, 0.6) is 5.75 Å². The summed E-state index contributed by atoms with van der Waals surface area (Å²) in [5, 5.41) is 9.44. The number of anilines is 1. The summed E-state index contributed by atoms with van der Waals surface area (Å²) in [5.74, 6) is -0.323. The predicted octanol–water partition coefficient (Wildman–Crippen LogP) is -1.62. The van der Waals surface area contributed by atoms with E-state index in [1.165, 1.54) is 24.5 Å². The summed E-state index contributed by atoms with van der Waals surface area (Å²) in [6.45, 7) is -0.179. The molecule has 3 N–H and O–H groups in total. The third kappa shape index (κ3) is 4.26. The average Bonchev–Trinajstić information content (AvgIpc) is 2.55. The van der Waals surface area contributed by atoms with Crippen molar-refractivity contribution in [3.05, 3.63) is 58.4 Å². The fourth-order valence-corrected chi connectivity index (χ4v) is 2.74. The van der Waals surface area contributed by atoms with E-state index in [0.717, 1.165) is 0 Å². The van der Waals surface area contributed by atoms with Gasteiger partial charge in [-0.1, -0.05) is 12.1 Å². The van der Waals surface area contributed by atoms with E-state index in [0.29, 0.717) is 22.1 Å². The normalized spacial score (nSPS) is 11.2. The van der Waals surface area contributed by atoms with E-state index in [1.807, 2.05) is 0 Å². The van der Waals surface area contributed by atoms with Crippen molar-refractivity contribution in [1.29, 1.82) is 0 Å². The second-order valence-electron chi connectivity index (χ2n) is 5.21. The van der Waals surface area contributed by atoms with Gasteiger partial charge in [-0.25, -0.2) is 8.42 Å². The van der Waals surface area contributed by atoms with Crippen molar-refractivity contribution in [2.45, 2.75) is 6.61 Å². The topological polar surface area (TPSA) is 143 Å². The van der Waals surface area contributed by atoms with E-state index < -0.39 is 10.4 Å². The molecule has 0 unspecified atom stereocenters. The van der Waals surface area contributed by atoms with Gasteiger partial charge in [0.1, 0.15) is 11.8 Å². The van der Waals surface area contributed by atoms with Crippen LogP contribution >= 0.6 is 0 Å². The molecule has 0 saturated carbocycles. The summed E-state index contributed by atoms with van der Waals surface area (Å²) in [7, 11) is -4.95. The van der Waals surface area contributed by atoms with Crippen LogP contribution in [0.4, 0.5) is 5.69 Å². The third-order valence-electron chi connectivity index (χ3n) is 3.53. The van der Waals surface area contributed by atoms with Crippen LogP contribution in [-0.4, -0.2) is 18.1 Å². The zero-order valence-electron chi connectivity index (χ0n) is 13.6. The zero-order chi connectivity index (χ0) is 18.2. The van der Waals surface area contributed by atoms with Gasteiger partial charge in [-0.3, -0.25) is 4.79 Å². The number of nitrogens with two attached hydrogens (primary N) is 1. The quantitative estimate of drug-likeness (QED) is 0.236. The van der Waals surface area contributed by atoms with Crippen molar-refractivity contribution < 1.29 is 56.2 Å². The van der Waals surface area contributed by atoms with Crippen molar-refractivity contribution in [3.8, 4) is 16.9 Å². The van der Waals surface area contributed by atoms with Crippen LogP contribution < -0.4 is 44.9 Å². The van der Waals surface area contributed by atoms with Gasteiger partial charge in [0.25, 0.3) is 10.4 Å². The Balaban J connectivity index is 0.00000243. The first-order chi connectivity index (χ1) is 11.8. The molecule has 1 aromatic heterocycles. The molecule has 0 amide bonds. The van der Waals surface area contributed by atoms with Gasteiger partial charge in [-0.15, -0.1) is 0 Å². The minimum absolute atomic E-state index is 0. The van der Waals surface area contributed by atoms with Gasteiger partial charge in [0.2, 0.25) is 0 Å². The Hall–Kier alpha value is -1.88. The first kappa shape index (κ1) is 20.4. The molecule has 0 aliphatic rings. The minimum atomic E-state index is -4.95. The van der Waals surface area contributed by atoms with Gasteiger partial charge in [0, 0.05) is 0 Å². The van der Waals surface area contributed by atoms with Gasteiger partial charge in [0.05, 0.1) is 23.2 Å².